The minimum absolute atomic E-state index is 0. The Morgan fingerprint density at radius 2 is 0.840 bits per heavy atom. The molecule has 0 spiro atoms. The predicted molar refractivity (Wildman–Crippen MR) is 324 cm³/mol. The molecule has 0 saturated carbocycles. The molecule has 0 aliphatic carbocycles. The van der Waals surface area contributed by atoms with Gasteiger partial charge in [-0.05, 0) is 76.6 Å². The van der Waals surface area contributed by atoms with Crippen LogP contribution in [-0.4, -0.2) is 52.2 Å². The van der Waals surface area contributed by atoms with Crippen LogP contribution in [0.4, 0.5) is 0 Å². The number of aryl methyl sites for hydroxylation is 3. The van der Waals surface area contributed by atoms with Crippen molar-refractivity contribution in [2.75, 3.05) is 0 Å². The third-order valence-electron chi connectivity index (χ3n) is 14.7. The molecule has 10 heteroatoms. The maximum Gasteiger partial charge on any atom is 0.0859 e. The molecule has 0 atom stereocenters. The zero-order valence-electron chi connectivity index (χ0n) is 46.8. The van der Waals surface area contributed by atoms with E-state index in [9.17, 15) is 0 Å². The van der Waals surface area contributed by atoms with Crippen molar-refractivity contribution in [1.29, 1.82) is 0 Å². The minimum atomic E-state index is -1.26. The fourth-order valence-electron chi connectivity index (χ4n) is 9.80. The molecular weight excluding hydrogens is 1330 g/mol. The third-order valence-corrected chi connectivity index (χ3v) is 28.1. The Morgan fingerprint density at radius 3 is 1.16 bits per heavy atom. The Morgan fingerprint density at radius 1 is 0.467 bits per heavy atom. The average Bonchev–Trinajstić information content (AvgIpc) is 3.36. The summed E-state index contributed by atoms with van der Waals surface area (Å²) in [6.45, 7) is 30.2. The van der Waals surface area contributed by atoms with Gasteiger partial charge in [0.25, 0.3) is 0 Å². The molecule has 6 heterocycles. The van der Waals surface area contributed by atoms with Crippen LogP contribution in [0.2, 0.25) is 76.6 Å². The number of rotatable bonds is 10. The zero-order chi connectivity index (χ0) is 52.4. The maximum atomic E-state index is 4.77. The first-order valence-corrected chi connectivity index (χ1v) is 39.4. The average molecular weight is 1410 g/mol. The number of aromatic nitrogens is 4. The van der Waals surface area contributed by atoms with Crippen LogP contribution < -0.4 is 20.7 Å². The number of hydrogen-bond donors (Lipinski definition) is 0. The second-order valence-electron chi connectivity index (χ2n) is 23.4. The van der Waals surface area contributed by atoms with Crippen molar-refractivity contribution in [2.24, 2.45) is 5.92 Å². The van der Waals surface area contributed by atoms with Crippen molar-refractivity contribution in [1.82, 2.24) is 19.9 Å². The molecule has 10 rings (SSSR count). The molecule has 0 amide bonds. The minimum Gasteiger partial charge on any atom is -0.305 e. The Balaban J connectivity index is 0.000000184. The smallest absolute Gasteiger partial charge is 0.0859 e. The van der Waals surface area contributed by atoms with E-state index in [0.717, 1.165) is 45.0 Å². The van der Waals surface area contributed by atoms with Gasteiger partial charge in [0, 0.05) is 65.0 Å². The fraction of sp³-hybridized carbons (Fsp3) is 0.323. The molecule has 2 aliphatic heterocycles. The van der Waals surface area contributed by atoms with E-state index in [1.807, 2.05) is 79.1 Å². The van der Waals surface area contributed by atoms with Gasteiger partial charge in [-0.25, -0.2) is 0 Å². The van der Waals surface area contributed by atoms with Gasteiger partial charge in [0.2, 0.25) is 0 Å². The van der Waals surface area contributed by atoms with E-state index in [0.29, 0.717) is 5.92 Å². The van der Waals surface area contributed by atoms with Crippen molar-refractivity contribution >= 4 is 53.0 Å². The molecular formula is C65H78Ir2N4Si4-4. The quantitative estimate of drug-likeness (QED) is 0.101. The molecule has 75 heavy (non-hydrogen) atoms. The van der Waals surface area contributed by atoms with Crippen molar-refractivity contribution in [3.05, 3.63) is 193 Å². The normalized spacial score (nSPS) is 14.1. The zero-order valence-corrected chi connectivity index (χ0v) is 55.6. The van der Waals surface area contributed by atoms with Crippen LogP contribution in [0.1, 0.15) is 48.9 Å². The summed E-state index contributed by atoms with van der Waals surface area (Å²) in [6.07, 6.45) is 12.4. The summed E-state index contributed by atoms with van der Waals surface area (Å²) < 4.78 is 0. The van der Waals surface area contributed by atoms with Crippen molar-refractivity contribution in [3.63, 3.8) is 0 Å². The molecule has 4 aromatic carbocycles. The van der Waals surface area contributed by atoms with Crippen LogP contribution in [0, 0.1) is 51.0 Å². The van der Waals surface area contributed by atoms with Gasteiger partial charge in [0.05, 0.1) is 32.3 Å². The van der Waals surface area contributed by atoms with Crippen LogP contribution in [0.5, 0.6) is 0 Å². The van der Waals surface area contributed by atoms with Gasteiger partial charge in [-0.15, -0.1) is 144 Å². The Labute approximate surface area is 483 Å². The summed E-state index contributed by atoms with van der Waals surface area (Å²) >= 11 is 0. The van der Waals surface area contributed by atoms with E-state index in [1.54, 1.807) is 15.9 Å². The molecule has 0 unspecified atom stereocenters. The van der Waals surface area contributed by atoms with Crippen LogP contribution in [0.15, 0.2) is 146 Å². The van der Waals surface area contributed by atoms with E-state index < -0.39 is 32.3 Å². The van der Waals surface area contributed by atoms with Crippen LogP contribution in [0.3, 0.4) is 0 Å². The van der Waals surface area contributed by atoms with Crippen LogP contribution >= 0.6 is 0 Å². The monoisotopic (exact) mass is 1410 g/mol. The first kappa shape index (κ1) is 61.5. The van der Waals surface area contributed by atoms with Gasteiger partial charge in [-0.1, -0.05) is 150 Å². The molecule has 4 nitrogen and oxygen atoms in total. The van der Waals surface area contributed by atoms with Gasteiger partial charge in [-0.3, -0.25) is 0 Å². The van der Waals surface area contributed by atoms with E-state index in [2.05, 4.69) is 193 Å². The molecule has 2 saturated heterocycles. The first-order valence-electron chi connectivity index (χ1n) is 26.5. The summed E-state index contributed by atoms with van der Waals surface area (Å²) in [7, 11) is -4.82. The number of nitrogens with zero attached hydrogens (tertiary/aromatic N) is 4. The Bertz CT molecular complexity index is 2940. The van der Waals surface area contributed by atoms with Crippen LogP contribution in [0.25, 0.3) is 45.0 Å². The van der Waals surface area contributed by atoms with Crippen LogP contribution in [-0.2, 0) is 46.6 Å². The second-order valence-corrected chi connectivity index (χ2v) is 42.9. The summed E-state index contributed by atoms with van der Waals surface area (Å²) in [6, 6.07) is 60.1. The topological polar surface area (TPSA) is 51.6 Å². The summed E-state index contributed by atoms with van der Waals surface area (Å²) in [5.74, 6) is 0.691. The maximum absolute atomic E-state index is 4.77. The van der Waals surface area contributed by atoms with Crippen molar-refractivity contribution < 1.29 is 40.2 Å². The Kier molecular flexibility index (Phi) is 22.4. The predicted octanol–water partition coefficient (Wildman–Crippen LogP) is 14.8. The van der Waals surface area contributed by atoms with Crippen molar-refractivity contribution in [3.8, 4) is 45.0 Å². The fourth-order valence-corrected chi connectivity index (χ4v) is 18.6. The second kappa shape index (κ2) is 27.3. The standard InChI is InChI=1S/C19H24NSi.C16H18NSi.2C15H18NSi.2Ir/c1-15(2)12-17-13-18(16-8-5-4-6-9-16)20-14-19(17)21(3)10-7-11-21;1-13-11-15(14-7-4-3-5-8-14)17-12-16(13)18(2)9-6-10-18;2*1-12-10-14(17(2,3)4)11-16-15(12)13-8-6-5-7-9-13;;/h4-6,8,13-15H,7,10-12H2,1-3H3;3-5,7,11-12H,6,9-10H2,1-2H3;2*5-8,10-11H,1-4H3;;/q4*-1;;. The van der Waals surface area contributed by atoms with E-state index in [4.69, 9.17) is 4.98 Å². The van der Waals surface area contributed by atoms with Gasteiger partial charge in [0.1, 0.15) is 0 Å². The van der Waals surface area contributed by atoms with Gasteiger partial charge in [0.15, 0.2) is 0 Å². The number of benzene rings is 4. The number of hydrogen-bond acceptors (Lipinski definition) is 4. The molecule has 0 bridgehead atoms. The van der Waals surface area contributed by atoms with Gasteiger partial charge in [-0.2, -0.15) is 0 Å². The molecule has 0 N–H and O–H groups in total. The SMILES string of the molecule is CC(C)Cc1cc(-c2[c-]cccc2)ncc1[Si]1(C)CCC1.Cc1cc(-c2[c-]cccc2)ncc1[Si]1(C)CCC1.Cc1cc([Si](C)(C)C)cnc1-c1[c-]cccc1.Cc1cc([Si](C)(C)C)cnc1-c1[c-]cccc1.[Ir].[Ir]. The van der Waals surface area contributed by atoms with E-state index >= 15 is 0 Å². The van der Waals surface area contributed by atoms with E-state index in [-0.39, 0.29) is 40.2 Å². The Hall–Kier alpha value is -4.35. The van der Waals surface area contributed by atoms with Gasteiger partial charge < -0.3 is 19.9 Å². The summed E-state index contributed by atoms with van der Waals surface area (Å²) in [5.41, 5.74) is 14.0. The number of pyridine rings is 4. The summed E-state index contributed by atoms with van der Waals surface area (Å²) in [4.78, 5) is 18.7. The first-order chi connectivity index (χ1) is 34.7. The molecule has 8 aromatic rings. The summed E-state index contributed by atoms with van der Waals surface area (Å²) in [5, 5.41) is 6.00. The largest absolute Gasteiger partial charge is 0.305 e. The molecule has 396 valence electrons. The molecule has 4 aromatic heterocycles. The third kappa shape index (κ3) is 16.3. The molecule has 2 fully saturated rings. The molecule has 2 radical (unpaired) electrons. The van der Waals surface area contributed by atoms with Crippen molar-refractivity contribution in [2.45, 2.75) is 130 Å². The van der Waals surface area contributed by atoms with E-state index in [1.165, 1.54) is 70.5 Å². The molecule has 2 aliphatic rings. The van der Waals surface area contributed by atoms with Gasteiger partial charge >= 0.3 is 0 Å².